The number of amides is 2. The third kappa shape index (κ3) is 3.07. The molecule has 0 saturated carbocycles. The van der Waals surface area contributed by atoms with Gasteiger partial charge in [-0.1, -0.05) is 0 Å². The van der Waals surface area contributed by atoms with E-state index in [4.69, 9.17) is 0 Å². The predicted molar refractivity (Wildman–Crippen MR) is 76.2 cm³/mol. The summed E-state index contributed by atoms with van der Waals surface area (Å²) in [6, 6.07) is 0.301. The molecule has 1 aromatic heterocycles. The number of aryl methyl sites for hydroxylation is 1. The average molecular weight is 291 g/mol. The van der Waals surface area contributed by atoms with E-state index in [1.54, 1.807) is 4.68 Å². The molecule has 0 aliphatic carbocycles. The summed E-state index contributed by atoms with van der Waals surface area (Å²) in [5, 5.41) is 7.08. The first-order valence-corrected chi connectivity index (χ1v) is 7.27. The molecule has 2 saturated heterocycles. The van der Waals surface area contributed by atoms with Gasteiger partial charge in [0, 0.05) is 57.4 Å². The van der Waals surface area contributed by atoms with Gasteiger partial charge in [-0.05, 0) is 6.42 Å². The van der Waals surface area contributed by atoms with E-state index in [1.165, 1.54) is 6.92 Å². The number of nitrogens with one attached hydrogen (secondary N) is 1. The number of carbonyl (C=O) groups excluding carboxylic acids is 2. The second-order valence-corrected chi connectivity index (χ2v) is 6.02. The summed E-state index contributed by atoms with van der Waals surface area (Å²) in [6.07, 6.45) is 4.66. The molecule has 2 fully saturated rings. The molecule has 3 heterocycles. The maximum absolute atomic E-state index is 12.3. The lowest BCUT2D eigenvalue weighted by molar-refractivity contribution is -0.138. The lowest BCUT2D eigenvalue weighted by Crippen LogP contribution is -2.53. The van der Waals surface area contributed by atoms with E-state index < -0.39 is 0 Å². The van der Waals surface area contributed by atoms with Crippen molar-refractivity contribution < 1.29 is 9.59 Å². The molecule has 2 atom stereocenters. The van der Waals surface area contributed by atoms with Crippen molar-refractivity contribution in [2.75, 3.05) is 19.6 Å². The average Bonchev–Trinajstić information content (AvgIpc) is 2.95. The summed E-state index contributed by atoms with van der Waals surface area (Å²) in [7, 11) is 1.89. The quantitative estimate of drug-likeness (QED) is 0.803. The predicted octanol–water partition coefficient (Wildman–Crippen LogP) is -0.659. The Bertz CT molecular complexity index is 555. The van der Waals surface area contributed by atoms with Gasteiger partial charge in [-0.2, -0.15) is 5.10 Å². The first kappa shape index (κ1) is 14.1. The Morgan fingerprint density at radius 3 is 2.95 bits per heavy atom. The molecule has 0 spiro atoms. The zero-order valence-electron chi connectivity index (χ0n) is 12.5. The molecule has 2 amide bonds. The summed E-state index contributed by atoms with van der Waals surface area (Å²) in [5.74, 6) is 0.127. The Morgan fingerprint density at radius 1 is 1.48 bits per heavy atom. The molecule has 1 aromatic rings. The number of aromatic nitrogens is 2. The Hall–Kier alpha value is -1.89. The van der Waals surface area contributed by atoms with Gasteiger partial charge in [0.25, 0.3) is 0 Å². The molecule has 114 valence electrons. The maximum atomic E-state index is 12.3. The molecule has 3 rings (SSSR count). The highest BCUT2D eigenvalue weighted by Crippen LogP contribution is 2.24. The molecular formula is C14H21N5O2. The fourth-order valence-electron chi connectivity index (χ4n) is 3.36. The molecule has 0 bridgehead atoms. The minimum absolute atomic E-state index is 0.0282. The summed E-state index contributed by atoms with van der Waals surface area (Å²) in [6.45, 7) is 4.21. The minimum atomic E-state index is -0.0282. The van der Waals surface area contributed by atoms with Gasteiger partial charge < -0.3 is 10.2 Å². The second kappa shape index (κ2) is 5.48. The van der Waals surface area contributed by atoms with Crippen LogP contribution in [0.3, 0.4) is 0 Å². The van der Waals surface area contributed by atoms with Crippen molar-refractivity contribution in [3.05, 3.63) is 18.0 Å². The second-order valence-electron chi connectivity index (χ2n) is 6.02. The molecule has 1 N–H and O–H groups in total. The molecule has 0 unspecified atom stereocenters. The van der Waals surface area contributed by atoms with Crippen LogP contribution in [0.1, 0.15) is 18.9 Å². The topological polar surface area (TPSA) is 70.5 Å². The SMILES string of the molecule is CC(=O)N[C@H]1C[C@H]2CN(Cc3cnn(C)c3)CC(=O)N2C1. The van der Waals surface area contributed by atoms with E-state index in [9.17, 15) is 9.59 Å². The van der Waals surface area contributed by atoms with Gasteiger partial charge in [-0.15, -0.1) is 0 Å². The van der Waals surface area contributed by atoms with Crippen LogP contribution >= 0.6 is 0 Å². The van der Waals surface area contributed by atoms with E-state index in [0.29, 0.717) is 13.1 Å². The summed E-state index contributed by atoms with van der Waals surface area (Å²) < 4.78 is 1.77. The van der Waals surface area contributed by atoms with Gasteiger partial charge in [0.15, 0.2) is 0 Å². The van der Waals surface area contributed by atoms with Crippen molar-refractivity contribution in [3.63, 3.8) is 0 Å². The van der Waals surface area contributed by atoms with E-state index >= 15 is 0 Å². The molecule has 0 aromatic carbocycles. The standard InChI is InChI=1S/C14H21N5O2/c1-10(20)16-12-3-13-8-18(9-14(21)19(13)7-12)6-11-4-15-17(2)5-11/h4-5,12-13H,3,6-9H2,1-2H3,(H,16,20)/t12-,13-/m0/s1. The van der Waals surface area contributed by atoms with Crippen molar-refractivity contribution in [2.45, 2.75) is 32.0 Å². The molecule has 2 aliphatic heterocycles. The Labute approximate surface area is 123 Å². The third-order valence-electron chi connectivity index (χ3n) is 4.13. The fourth-order valence-corrected chi connectivity index (χ4v) is 3.36. The lowest BCUT2D eigenvalue weighted by Gasteiger charge is -2.36. The van der Waals surface area contributed by atoms with E-state index in [0.717, 1.165) is 25.1 Å². The van der Waals surface area contributed by atoms with Gasteiger partial charge in [0.2, 0.25) is 11.8 Å². The van der Waals surface area contributed by atoms with E-state index in [1.807, 2.05) is 24.3 Å². The summed E-state index contributed by atoms with van der Waals surface area (Å²) in [5.41, 5.74) is 1.12. The van der Waals surface area contributed by atoms with Crippen LogP contribution in [0.5, 0.6) is 0 Å². The van der Waals surface area contributed by atoms with Crippen LogP contribution in [0.2, 0.25) is 0 Å². The van der Waals surface area contributed by atoms with Crippen LogP contribution in [0.4, 0.5) is 0 Å². The molecule has 7 heteroatoms. The van der Waals surface area contributed by atoms with Crippen LogP contribution in [0.15, 0.2) is 12.4 Å². The molecule has 21 heavy (non-hydrogen) atoms. The van der Waals surface area contributed by atoms with E-state index in [2.05, 4.69) is 15.3 Å². The number of piperazine rings is 1. The normalized spacial score (nSPS) is 26.0. The van der Waals surface area contributed by atoms with Crippen molar-refractivity contribution >= 4 is 11.8 Å². The Balaban J connectivity index is 1.62. The van der Waals surface area contributed by atoms with E-state index in [-0.39, 0.29) is 23.9 Å². The number of rotatable bonds is 3. The van der Waals surface area contributed by atoms with Gasteiger partial charge in [-0.25, -0.2) is 0 Å². The number of fused-ring (bicyclic) bond motifs is 1. The lowest BCUT2D eigenvalue weighted by atomic mass is 10.1. The third-order valence-corrected chi connectivity index (χ3v) is 4.13. The maximum Gasteiger partial charge on any atom is 0.237 e. The Kier molecular flexibility index (Phi) is 3.67. The van der Waals surface area contributed by atoms with Crippen LogP contribution in [-0.2, 0) is 23.2 Å². The minimum Gasteiger partial charge on any atom is -0.352 e. The van der Waals surface area contributed by atoms with Gasteiger partial charge >= 0.3 is 0 Å². The molecular weight excluding hydrogens is 270 g/mol. The van der Waals surface area contributed by atoms with Crippen molar-refractivity contribution in [3.8, 4) is 0 Å². The highest BCUT2D eigenvalue weighted by Gasteiger charge is 2.40. The number of hydrogen-bond acceptors (Lipinski definition) is 4. The Morgan fingerprint density at radius 2 is 2.29 bits per heavy atom. The number of carbonyl (C=O) groups is 2. The molecule has 0 radical (unpaired) electrons. The zero-order chi connectivity index (χ0) is 15.0. The van der Waals surface area contributed by atoms with Gasteiger partial charge in [0.1, 0.15) is 0 Å². The smallest absolute Gasteiger partial charge is 0.237 e. The van der Waals surface area contributed by atoms with Crippen molar-refractivity contribution in [1.29, 1.82) is 0 Å². The van der Waals surface area contributed by atoms with Crippen molar-refractivity contribution in [2.24, 2.45) is 7.05 Å². The van der Waals surface area contributed by atoms with Crippen LogP contribution in [-0.4, -0.2) is 63.1 Å². The first-order valence-electron chi connectivity index (χ1n) is 7.27. The van der Waals surface area contributed by atoms with Crippen LogP contribution in [0, 0.1) is 0 Å². The van der Waals surface area contributed by atoms with Crippen molar-refractivity contribution in [1.82, 2.24) is 24.9 Å². The monoisotopic (exact) mass is 291 g/mol. The number of nitrogens with zero attached hydrogens (tertiary/aromatic N) is 4. The van der Waals surface area contributed by atoms with Crippen LogP contribution < -0.4 is 5.32 Å². The molecule has 7 nitrogen and oxygen atoms in total. The molecule has 2 aliphatic rings. The highest BCUT2D eigenvalue weighted by molar-refractivity contribution is 5.80. The van der Waals surface area contributed by atoms with Gasteiger partial charge in [-0.3, -0.25) is 19.2 Å². The zero-order valence-corrected chi connectivity index (χ0v) is 12.5. The largest absolute Gasteiger partial charge is 0.352 e. The fraction of sp³-hybridized carbons (Fsp3) is 0.643. The summed E-state index contributed by atoms with van der Waals surface area (Å²) in [4.78, 5) is 27.5. The van der Waals surface area contributed by atoms with Gasteiger partial charge in [0.05, 0.1) is 12.7 Å². The highest BCUT2D eigenvalue weighted by atomic mass is 16.2. The first-order chi connectivity index (χ1) is 10.0. The van der Waals surface area contributed by atoms with Crippen LogP contribution in [0.25, 0.3) is 0 Å². The number of hydrogen-bond donors (Lipinski definition) is 1. The summed E-state index contributed by atoms with van der Waals surface area (Å²) >= 11 is 0.